The highest BCUT2D eigenvalue weighted by Gasteiger charge is 2.18. The smallest absolute Gasteiger partial charge is 0.342 e. The number of carbonyl (C=O) groups excluding carboxylic acids is 2. The first-order valence-electron chi connectivity index (χ1n) is 7.20. The lowest BCUT2D eigenvalue weighted by molar-refractivity contribution is -0.392. The van der Waals surface area contributed by atoms with Gasteiger partial charge in [-0.15, -0.1) is 0 Å². The summed E-state index contributed by atoms with van der Waals surface area (Å²) >= 11 is 0. The van der Waals surface area contributed by atoms with Gasteiger partial charge in [-0.25, -0.2) is 18.7 Å². The molecule has 0 spiro atoms. The van der Waals surface area contributed by atoms with Crippen LogP contribution < -0.4 is 5.32 Å². The van der Waals surface area contributed by atoms with Crippen LogP contribution in [0.5, 0.6) is 0 Å². The number of ether oxygens (including phenoxy) is 1. The number of nitrogens with one attached hydrogen (secondary N) is 1. The summed E-state index contributed by atoms with van der Waals surface area (Å²) in [7, 11) is 0. The van der Waals surface area contributed by atoms with Gasteiger partial charge in [0.1, 0.15) is 25.2 Å². The lowest BCUT2D eigenvalue weighted by Crippen LogP contribution is -2.14. The van der Waals surface area contributed by atoms with E-state index < -0.39 is 22.6 Å². The van der Waals surface area contributed by atoms with E-state index in [-0.39, 0.29) is 30.2 Å². The maximum atomic E-state index is 13.6. The van der Waals surface area contributed by atoms with Crippen molar-refractivity contribution < 1.29 is 23.6 Å². The Labute approximate surface area is 141 Å². The first kappa shape index (κ1) is 18.0. The Morgan fingerprint density at radius 1 is 1.44 bits per heavy atom. The predicted molar refractivity (Wildman–Crippen MR) is 84.6 cm³/mol. The molecule has 1 amide bonds. The van der Waals surface area contributed by atoms with E-state index in [4.69, 9.17) is 4.74 Å². The molecular weight excluding hydrogens is 335 g/mol. The molecule has 0 aliphatic carbocycles. The number of carbonyl (C=O) groups is 2. The van der Waals surface area contributed by atoms with Gasteiger partial charge >= 0.3 is 11.8 Å². The van der Waals surface area contributed by atoms with Gasteiger partial charge in [0.2, 0.25) is 5.91 Å². The summed E-state index contributed by atoms with van der Waals surface area (Å²) in [5, 5.41) is 13.1. The Morgan fingerprint density at radius 2 is 2.16 bits per heavy atom. The van der Waals surface area contributed by atoms with E-state index in [1.165, 1.54) is 17.6 Å². The number of esters is 1. The zero-order valence-corrected chi connectivity index (χ0v) is 13.5. The highest BCUT2D eigenvalue weighted by Crippen LogP contribution is 2.17. The summed E-state index contributed by atoms with van der Waals surface area (Å²) in [5.74, 6) is -1.70. The molecule has 25 heavy (non-hydrogen) atoms. The topological polar surface area (TPSA) is 116 Å². The minimum absolute atomic E-state index is 0.0435. The van der Waals surface area contributed by atoms with Crippen LogP contribution in [0.4, 0.5) is 15.9 Å². The summed E-state index contributed by atoms with van der Waals surface area (Å²) in [6.45, 7) is 2.72. The number of imidazole rings is 1. The Morgan fingerprint density at radius 3 is 2.80 bits per heavy atom. The molecule has 1 aromatic carbocycles. The third-order valence-corrected chi connectivity index (χ3v) is 3.28. The predicted octanol–water partition coefficient (Wildman–Crippen LogP) is 2.05. The monoisotopic (exact) mass is 350 g/mol. The zero-order valence-electron chi connectivity index (χ0n) is 13.5. The first-order chi connectivity index (χ1) is 11.8. The van der Waals surface area contributed by atoms with Crippen molar-refractivity contribution >= 4 is 23.4 Å². The van der Waals surface area contributed by atoms with Crippen molar-refractivity contribution in [2.75, 3.05) is 11.9 Å². The van der Waals surface area contributed by atoms with Gasteiger partial charge in [0.05, 0.1) is 11.3 Å². The third-order valence-electron chi connectivity index (χ3n) is 3.28. The van der Waals surface area contributed by atoms with Crippen LogP contribution in [-0.2, 0) is 16.1 Å². The number of rotatable bonds is 6. The van der Waals surface area contributed by atoms with Gasteiger partial charge in [0, 0.05) is 13.8 Å². The molecule has 0 saturated carbocycles. The fraction of sp³-hybridized carbons (Fsp3) is 0.267. The highest BCUT2D eigenvalue weighted by atomic mass is 19.1. The average molecular weight is 350 g/mol. The van der Waals surface area contributed by atoms with Crippen molar-refractivity contribution in [1.29, 1.82) is 0 Å². The average Bonchev–Trinajstić information content (AvgIpc) is 2.90. The van der Waals surface area contributed by atoms with E-state index in [1.54, 1.807) is 6.92 Å². The Balaban J connectivity index is 2.03. The number of halogens is 1. The van der Waals surface area contributed by atoms with E-state index in [1.807, 2.05) is 0 Å². The molecule has 1 heterocycles. The van der Waals surface area contributed by atoms with E-state index in [9.17, 15) is 24.1 Å². The number of benzene rings is 1. The van der Waals surface area contributed by atoms with Crippen LogP contribution in [0, 0.1) is 22.9 Å². The fourth-order valence-electron chi connectivity index (χ4n) is 2.13. The van der Waals surface area contributed by atoms with Crippen molar-refractivity contribution in [3.63, 3.8) is 0 Å². The molecule has 1 N–H and O–H groups in total. The maximum Gasteiger partial charge on any atom is 0.342 e. The second-order valence-corrected chi connectivity index (χ2v) is 5.08. The van der Waals surface area contributed by atoms with Crippen LogP contribution in [0.25, 0.3) is 0 Å². The van der Waals surface area contributed by atoms with Crippen molar-refractivity contribution in [1.82, 2.24) is 9.55 Å². The minimum atomic E-state index is -0.743. The van der Waals surface area contributed by atoms with Crippen molar-refractivity contribution in [2.45, 2.75) is 20.4 Å². The van der Waals surface area contributed by atoms with E-state index in [0.717, 1.165) is 18.3 Å². The Hall–Kier alpha value is -3.30. The molecule has 0 fully saturated rings. The number of nitrogens with zero attached hydrogens (tertiary/aromatic N) is 3. The van der Waals surface area contributed by atoms with Crippen LogP contribution in [0.15, 0.2) is 24.4 Å². The number of nitro groups is 1. The molecule has 0 saturated heterocycles. The molecule has 9 nitrogen and oxygen atoms in total. The molecule has 0 unspecified atom stereocenters. The largest absolute Gasteiger partial charge is 0.458 e. The van der Waals surface area contributed by atoms with Gasteiger partial charge in [-0.2, -0.15) is 0 Å². The third kappa shape index (κ3) is 4.37. The second-order valence-electron chi connectivity index (χ2n) is 5.08. The molecule has 132 valence electrons. The summed E-state index contributed by atoms with van der Waals surface area (Å²) in [4.78, 5) is 37.2. The molecule has 1 aromatic heterocycles. The van der Waals surface area contributed by atoms with Gasteiger partial charge in [-0.3, -0.25) is 4.79 Å². The summed E-state index contributed by atoms with van der Waals surface area (Å²) in [6.07, 6.45) is 1.12. The fourth-order valence-corrected chi connectivity index (χ4v) is 2.13. The number of amides is 1. The number of aryl methyl sites for hydroxylation is 1. The molecule has 10 heteroatoms. The molecule has 0 radical (unpaired) electrons. The minimum Gasteiger partial charge on any atom is -0.458 e. The standard InChI is InChI=1S/C15H15FN4O5/c1-9-17-8-14(20(23)24)19(9)5-6-25-15(22)11-3-4-12(16)13(7-11)18-10(2)21/h3-4,7-8H,5-6H2,1-2H3,(H,18,21). The van der Waals surface area contributed by atoms with Crippen LogP contribution >= 0.6 is 0 Å². The number of hydrogen-bond acceptors (Lipinski definition) is 6. The van der Waals surface area contributed by atoms with Crippen molar-refractivity contribution in [3.05, 3.63) is 51.7 Å². The zero-order chi connectivity index (χ0) is 18.6. The lowest BCUT2D eigenvalue weighted by atomic mass is 10.2. The Bertz CT molecular complexity index is 833. The molecule has 0 bridgehead atoms. The second kappa shape index (κ2) is 7.51. The normalized spacial score (nSPS) is 10.4. The van der Waals surface area contributed by atoms with E-state index in [2.05, 4.69) is 10.3 Å². The number of anilines is 1. The SMILES string of the molecule is CC(=O)Nc1cc(C(=O)OCCn2c([N+](=O)[O-])cnc2C)ccc1F. The van der Waals surface area contributed by atoms with Crippen molar-refractivity contribution in [3.8, 4) is 0 Å². The van der Waals surface area contributed by atoms with Gasteiger partial charge in [-0.05, 0) is 23.1 Å². The lowest BCUT2D eigenvalue weighted by Gasteiger charge is -2.08. The van der Waals surface area contributed by atoms with Gasteiger partial charge in [0.25, 0.3) is 0 Å². The highest BCUT2D eigenvalue weighted by molar-refractivity contribution is 5.93. The molecule has 2 rings (SSSR count). The maximum absolute atomic E-state index is 13.6. The van der Waals surface area contributed by atoms with Crippen LogP contribution in [0.1, 0.15) is 23.1 Å². The molecular formula is C15H15FN4O5. The molecule has 2 aromatic rings. The van der Waals surface area contributed by atoms with Crippen LogP contribution in [-0.4, -0.2) is 33.0 Å². The van der Waals surface area contributed by atoms with E-state index >= 15 is 0 Å². The quantitative estimate of drug-likeness (QED) is 0.484. The number of hydrogen-bond donors (Lipinski definition) is 1. The Kier molecular flexibility index (Phi) is 5.42. The van der Waals surface area contributed by atoms with Gasteiger partial charge in [0.15, 0.2) is 5.82 Å². The van der Waals surface area contributed by atoms with Crippen molar-refractivity contribution in [2.24, 2.45) is 0 Å². The first-order valence-corrected chi connectivity index (χ1v) is 7.20. The van der Waals surface area contributed by atoms with E-state index in [0.29, 0.717) is 5.82 Å². The molecule has 0 atom stereocenters. The summed E-state index contributed by atoms with van der Waals surface area (Å²) < 4.78 is 19.9. The summed E-state index contributed by atoms with van der Waals surface area (Å²) in [5.41, 5.74) is -0.0926. The van der Waals surface area contributed by atoms with Gasteiger partial charge in [-0.1, -0.05) is 0 Å². The molecule has 0 aliphatic heterocycles. The summed E-state index contributed by atoms with van der Waals surface area (Å²) in [6, 6.07) is 3.41. The number of aromatic nitrogens is 2. The van der Waals surface area contributed by atoms with Crippen LogP contribution in [0.2, 0.25) is 0 Å². The van der Waals surface area contributed by atoms with Gasteiger partial charge < -0.3 is 20.2 Å². The van der Waals surface area contributed by atoms with Crippen LogP contribution in [0.3, 0.4) is 0 Å². The molecule has 0 aliphatic rings.